The van der Waals surface area contributed by atoms with Crippen molar-refractivity contribution >= 4 is 42.9 Å². The second kappa shape index (κ2) is 8.01. The lowest BCUT2D eigenvalue weighted by Crippen LogP contribution is -2.13. The van der Waals surface area contributed by atoms with Gasteiger partial charge in [-0.25, -0.2) is 8.42 Å². The maximum atomic E-state index is 11.8. The fraction of sp³-hybridized carbons (Fsp3) is 0.500. The Morgan fingerprint density at radius 3 is 2.43 bits per heavy atom. The molecule has 1 aromatic carbocycles. The van der Waals surface area contributed by atoms with Crippen LogP contribution in [0.15, 0.2) is 17.0 Å². The third-order valence-electron chi connectivity index (χ3n) is 3.06. The second-order valence-electron chi connectivity index (χ2n) is 4.89. The molecular weight excluding hydrogens is 333 g/mol. The van der Waals surface area contributed by atoms with Crippen LogP contribution in [0.1, 0.15) is 44.6 Å². The highest BCUT2D eigenvalue weighted by Gasteiger charge is 2.16. The number of carbonyl (C=O) groups excluding carboxylic acids is 1. The molecular formula is C14H19Cl2NO3S. The lowest BCUT2D eigenvalue weighted by molar-refractivity contribution is -0.116. The van der Waals surface area contributed by atoms with Gasteiger partial charge in [0.25, 0.3) is 9.05 Å². The Kier molecular flexibility index (Phi) is 6.97. The third-order valence-corrected chi connectivity index (χ3v) is 4.70. The van der Waals surface area contributed by atoms with Crippen LogP contribution in [0.5, 0.6) is 0 Å². The van der Waals surface area contributed by atoms with Gasteiger partial charge in [0.1, 0.15) is 0 Å². The fourth-order valence-corrected chi connectivity index (χ4v) is 3.15. The highest BCUT2D eigenvalue weighted by atomic mass is 35.7. The van der Waals surface area contributed by atoms with Crippen molar-refractivity contribution < 1.29 is 13.2 Å². The molecule has 0 saturated carbocycles. The summed E-state index contributed by atoms with van der Waals surface area (Å²) in [7, 11) is 1.45. The van der Waals surface area contributed by atoms with Gasteiger partial charge in [0.2, 0.25) is 5.91 Å². The number of anilines is 1. The number of unbranched alkanes of at least 4 members (excludes halogenated alkanes) is 3. The normalized spacial score (nSPS) is 11.4. The minimum absolute atomic E-state index is 0.0763. The average molecular weight is 352 g/mol. The molecule has 7 heteroatoms. The Hall–Kier alpha value is -0.780. The molecule has 1 aromatic rings. The first kappa shape index (κ1) is 18.3. The maximum absolute atomic E-state index is 11.8. The summed E-state index contributed by atoms with van der Waals surface area (Å²) < 4.78 is 22.6. The quantitative estimate of drug-likeness (QED) is 0.581. The number of hydrogen-bond acceptors (Lipinski definition) is 3. The monoisotopic (exact) mass is 351 g/mol. The summed E-state index contributed by atoms with van der Waals surface area (Å²) in [5.41, 5.74) is 0.991. The Morgan fingerprint density at radius 1 is 1.24 bits per heavy atom. The molecule has 0 spiro atoms. The van der Waals surface area contributed by atoms with Gasteiger partial charge in [0, 0.05) is 17.1 Å². The number of amides is 1. The number of hydrogen-bond donors (Lipinski definition) is 1. The molecule has 4 nitrogen and oxygen atoms in total. The van der Waals surface area contributed by atoms with E-state index >= 15 is 0 Å². The highest BCUT2D eigenvalue weighted by molar-refractivity contribution is 8.13. The maximum Gasteiger partial charge on any atom is 0.261 e. The van der Waals surface area contributed by atoms with E-state index in [2.05, 4.69) is 12.2 Å². The van der Waals surface area contributed by atoms with E-state index in [1.54, 1.807) is 6.92 Å². The number of halogens is 2. The van der Waals surface area contributed by atoms with E-state index in [4.69, 9.17) is 22.3 Å². The smallest absolute Gasteiger partial charge is 0.261 e. The topological polar surface area (TPSA) is 63.2 Å². The summed E-state index contributed by atoms with van der Waals surface area (Å²) in [5, 5.41) is 2.89. The van der Waals surface area contributed by atoms with Gasteiger partial charge in [-0.05, 0) is 31.0 Å². The fourth-order valence-electron chi connectivity index (χ4n) is 1.93. The number of aryl methyl sites for hydroxylation is 1. The summed E-state index contributed by atoms with van der Waals surface area (Å²) in [5.74, 6) is -0.127. The summed E-state index contributed by atoms with van der Waals surface area (Å²) in [6, 6.07) is 2.63. The molecule has 1 amide bonds. The van der Waals surface area contributed by atoms with Crippen molar-refractivity contribution in [3.63, 3.8) is 0 Å². The van der Waals surface area contributed by atoms with E-state index in [-0.39, 0.29) is 15.8 Å². The van der Waals surface area contributed by atoms with Gasteiger partial charge in [-0.15, -0.1) is 0 Å². The van der Waals surface area contributed by atoms with Crippen molar-refractivity contribution in [2.24, 2.45) is 0 Å². The van der Waals surface area contributed by atoms with Crippen molar-refractivity contribution in [2.45, 2.75) is 50.8 Å². The SMILES string of the molecule is CCCCCCC(=O)Nc1c(C)cc(S(=O)(=O)Cl)cc1Cl. The van der Waals surface area contributed by atoms with E-state index in [9.17, 15) is 13.2 Å². The largest absolute Gasteiger partial charge is 0.325 e. The van der Waals surface area contributed by atoms with Gasteiger partial charge >= 0.3 is 0 Å². The number of nitrogens with one attached hydrogen (secondary N) is 1. The number of benzene rings is 1. The second-order valence-corrected chi connectivity index (χ2v) is 7.87. The molecule has 0 aliphatic rings. The number of carbonyl (C=O) groups is 1. The van der Waals surface area contributed by atoms with E-state index in [0.717, 1.165) is 25.7 Å². The molecule has 0 aromatic heterocycles. The van der Waals surface area contributed by atoms with Crippen LogP contribution >= 0.6 is 22.3 Å². The molecule has 0 fully saturated rings. The molecule has 21 heavy (non-hydrogen) atoms. The van der Waals surface area contributed by atoms with Gasteiger partial charge in [-0.2, -0.15) is 0 Å². The van der Waals surface area contributed by atoms with Crippen molar-refractivity contribution in [1.29, 1.82) is 0 Å². The molecule has 118 valence electrons. The van der Waals surface area contributed by atoms with Crippen molar-refractivity contribution in [2.75, 3.05) is 5.32 Å². The molecule has 0 atom stereocenters. The van der Waals surface area contributed by atoms with Crippen LogP contribution in [0, 0.1) is 6.92 Å². The molecule has 0 bridgehead atoms. The van der Waals surface area contributed by atoms with Gasteiger partial charge in [-0.1, -0.05) is 37.8 Å². The molecule has 0 radical (unpaired) electrons. The average Bonchev–Trinajstić information content (AvgIpc) is 2.37. The van der Waals surface area contributed by atoms with Crippen LogP contribution in [0.2, 0.25) is 5.02 Å². The highest BCUT2D eigenvalue weighted by Crippen LogP contribution is 2.30. The minimum atomic E-state index is -3.84. The Bertz CT molecular complexity index is 592. The minimum Gasteiger partial charge on any atom is -0.325 e. The lowest BCUT2D eigenvalue weighted by atomic mass is 10.1. The summed E-state index contributed by atoms with van der Waals surface area (Å²) >= 11 is 6.03. The van der Waals surface area contributed by atoms with Crippen LogP contribution in [-0.4, -0.2) is 14.3 Å². The van der Waals surface area contributed by atoms with Crippen LogP contribution < -0.4 is 5.32 Å². The zero-order valence-corrected chi connectivity index (χ0v) is 14.4. The zero-order chi connectivity index (χ0) is 16.0. The van der Waals surface area contributed by atoms with Crippen LogP contribution in [0.4, 0.5) is 5.69 Å². The summed E-state index contributed by atoms with van der Waals surface area (Å²) in [6.45, 7) is 3.78. The molecule has 0 aliphatic heterocycles. The first-order chi connectivity index (χ1) is 9.75. The Balaban J connectivity index is 2.78. The molecule has 1 rings (SSSR count). The standard InChI is InChI=1S/C14H19Cl2NO3S/c1-3-4-5-6-7-13(18)17-14-10(2)8-11(9-12(14)15)21(16,19)20/h8-9H,3-7H2,1-2H3,(H,17,18). The van der Waals surface area contributed by atoms with Crippen molar-refractivity contribution in [3.05, 3.63) is 22.7 Å². The molecule has 0 saturated heterocycles. The van der Waals surface area contributed by atoms with E-state index in [1.165, 1.54) is 12.1 Å². The van der Waals surface area contributed by atoms with Gasteiger partial charge in [-0.3, -0.25) is 4.79 Å². The predicted molar refractivity (Wildman–Crippen MR) is 86.6 cm³/mol. The van der Waals surface area contributed by atoms with Crippen molar-refractivity contribution in [3.8, 4) is 0 Å². The Labute approximate surface area is 135 Å². The van der Waals surface area contributed by atoms with Crippen molar-refractivity contribution in [1.82, 2.24) is 0 Å². The van der Waals surface area contributed by atoms with Crippen LogP contribution in [0.25, 0.3) is 0 Å². The van der Waals surface area contributed by atoms with Gasteiger partial charge < -0.3 is 5.32 Å². The zero-order valence-electron chi connectivity index (χ0n) is 12.1. The molecule has 1 N–H and O–H groups in total. The number of rotatable bonds is 7. The Morgan fingerprint density at radius 2 is 1.90 bits per heavy atom. The van der Waals surface area contributed by atoms with Gasteiger partial charge in [0.15, 0.2) is 0 Å². The van der Waals surface area contributed by atoms with Crippen LogP contribution in [-0.2, 0) is 13.8 Å². The third kappa shape index (κ3) is 5.85. The van der Waals surface area contributed by atoms with Gasteiger partial charge in [0.05, 0.1) is 15.6 Å². The summed E-state index contributed by atoms with van der Waals surface area (Å²) in [4.78, 5) is 11.8. The molecule has 0 unspecified atom stereocenters. The first-order valence-corrected chi connectivity index (χ1v) is 9.49. The van der Waals surface area contributed by atoms with E-state index < -0.39 is 9.05 Å². The molecule has 0 heterocycles. The lowest BCUT2D eigenvalue weighted by Gasteiger charge is -2.11. The first-order valence-electron chi connectivity index (χ1n) is 6.80. The molecule has 0 aliphatic carbocycles. The van der Waals surface area contributed by atoms with Crippen LogP contribution in [0.3, 0.4) is 0 Å². The summed E-state index contributed by atoms with van der Waals surface area (Å²) in [6.07, 6.45) is 4.48. The van der Waals surface area contributed by atoms with E-state index in [1.807, 2.05) is 0 Å². The predicted octanol–water partition coefficient (Wildman–Crippen LogP) is 4.48. The van der Waals surface area contributed by atoms with E-state index in [0.29, 0.717) is 17.7 Å².